The Morgan fingerprint density at radius 2 is 1.67 bits per heavy atom. The molecule has 0 radical (unpaired) electrons. The van der Waals surface area contributed by atoms with E-state index < -0.39 is 10.2 Å². The van der Waals surface area contributed by atoms with Crippen LogP contribution in [0.1, 0.15) is 33.6 Å². The number of hydrogen-bond donors (Lipinski definition) is 1. The number of ether oxygens (including phenoxy) is 1. The van der Waals surface area contributed by atoms with Crippen LogP contribution in [-0.2, 0) is 19.7 Å². The summed E-state index contributed by atoms with van der Waals surface area (Å²) < 4.78 is 34.7. The quantitative estimate of drug-likeness (QED) is 0.790. The zero-order valence-corrected chi connectivity index (χ0v) is 13.7. The van der Waals surface area contributed by atoms with Crippen LogP contribution in [0, 0.1) is 0 Å². The Balaban J connectivity index is 1.91. The molecule has 2 aliphatic rings. The average Bonchev–Trinajstić information content (AvgIpc) is 2.37. The first-order valence-electron chi connectivity index (χ1n) is 7.46. The van der Waals surface area contributed by atoms with Crippen molar-refractivity contribution in [2.75, 3.05) is 26.2 Å². The molecule has 0 aromatic heterocycles. The van der Waals surface area contributed by atoms with Crippen molar-refractivity contribution >= 4 is 16.1 Å². The molecule has 1 N–H and O–H groups in total. The van der Waals surface area contributed by atoms with Gasteiger partial charge in [-0.2, -0.15) is 17.4 Å². The second kappa shape index (κ2) is 6.60. The van der Waals surface area contributed by atoms with Crippen LogP contribution in [-0.4, -0.2) is 68.0 Å². The Kier molecular flexibility index (Phi) is 5.24. The molecule has 2 rings (SSSR count). The standard InChI is InChI=1S/C13H25N3O4S/c1-10-8-16(9-11(2)20-10)21(18,19)14-13-4-6-15(7-5-13)12(3)17/h10-11,13-14H,4-9H2,1-3H3/t10-,11+. The summed E-state index contributed by atoms with van der Waals surface area (Å²) in [4.78, 5) is 13.0. The molecule has 0 unspecified atom stereocenters. The highest BCUT2D eigenvalue weighted by atomic mass is 32.2. The van der Waals surface area contributed by atoms with E-state index in [4.69, 9.17) is 4.74 Å². The molecular formula is C13H25N3O4S. The largest absolute Gasteiger partial charge is 0.373 e. The molecule has 21 heavy (non-hydrogen) atoms. The van der Waals surface area contributed by atoms with Gasteiger partial charge < -0.3 is 9.64 Å². The van der Waals surface area contributed by atoms with Gasteiger partial charge in [0.2, 0.25) is 5.91 Å². The molecule has 2 saturated heterocycles. The van der Waals surface area contributed by atoms with Crippen molar-refractivity contribution in [1.82, 2.24) is 13.9 Å². The fourth-order valence-corrected chi connectivity index (χ4v) is 4.54. The van der Waals surface area contributed by atoms with Crippen molar-refractivity contribution in [3.05, 3.63) is 0 Å². The summed E-state index contributed by atoms with van der Waals surface area (Å²) in [7, 11) is -3.49. The molecule has 8 heteroatoms. The number of rotatable bonds is 3. The topological polar surface area (TPSA) is 79.0 Å². The molecule has 0 aromatic carbocycles. The number of carbonyl (C=O) groups is 1. The predicted octanol–water partition coefficient (Wildman–Crippen LogP) is -0.0591. The van der Waals surface area contributed by atoms with Crippen LogP contribution < -0.4 is 4.72 Å². The van der Waals surface area contributed by atoms with E-state index in [2.05, 4.69) is 4.72 Å². The molecule has 7 nitrogen and oxygen atoms in total. The first-order chi connectivity index (χ1) is 9.78. The van der Waals surface area contributed by atoms with E-state index >= 15 is 0 Å². The summed E-state index contributed by atoms with van der Waals surface area (Å²) in [6.45, 7) is 7.28. The van der Waals surface area contributed by atoms with Crippen LogP contribution in [0.5, 0.6) is 0 Å². The molecule has 2 fully saturated rings. The van der Waals surface area contributed by atoms with Crippen LogP contribution >= 0.6 is 0 Å². The van der Waals surface area contributed by atoms with Gasteiger partial charge in [0.15, 0.2) is 0 Å². The number of nitrogens with one attached hydrogen (secondary N) is 1. The monoisotopic (exact) mass is 319 g/mol. The molecule has 1 amide bonds. The summed E-state index contributed by atoms with van der Waals surface area (Å²) in [5, 5.41) is 0. The van der Waals surface area contributed by atoms with E-state index in [1.807, 2.05) is 13.8 Å². The minimum Gasteiger partial charge on any atom is -0.373 e. The minimum atomic E-state index is -3.49. The molecule has 2 aliphatic heterocycles. The van der Waals surface area contributed by atoms with Crippen LogP contribution in [0.25, 0.3) is 0 Å². The van der Waals surface area contributed by atoms with Gasteiger partial charge >= 0.3 is 0 Å². The molecule has 2 atom stereocenters. The van der Waals surface area contributed by atoms with Gasteiger partial charge in [0.25, 0.3) is 10.2 Å². The highest BCUT2D eigenvalue weighted by Crippen LogP contribution is 2.16. The third kappa shape index (κ3) is 4.38. The Morgan fingerprint density at radius 1 is 1.14 bits per heavy atom. The Bertz CT molecular complexity index is 464. The zero-order chi connectivity index (χ0) is 15.6. The second-order valence-electron chi connectivity index (χ2n) is 5.98. The average molecular weight is 319 g/mol. The summed E-state index contributed by atoms with van der Waals surface area (Å²) in [5.41, 5.74) is 0. The number of amides is 1. The molecule has 122 valence electrons. The van der Waals surface area contributed by atoms with Gasteiger partial charge in [-0.3, -0.25) is 4.79 Å². The first kappa shape index (κ1) is 16.7. The van der Waals surface area contributed by atoms with Crippen molar-refractivity contribution in [2.24, 2.45) is 0 Å². The molecule has 0 aliphatic carbocycles. The van der Waals surface area contributed by atoms with Gasteiger partial charge in [-0.25, -0.2) is 0 Å². The normalized spacial score (nSPS) is 29.6. The number of morpholine rings is 1. The number of carbonyl (C=O) groups excluding carboxylic acids is 1. The van der Waals surface area contributed by atoms with Crippen molar-refractivity contribution in [3.63, 3.8) is 0 Å². The Labute approximate surface area is 126 Å². The summed E-state index contributed by atoms with van der Waals surface area (Å²) >= 11 is 0. The van der Waals surface area contributed by atoms with E-state index in [1.54, 1.807) is 11.8 Å². The summed E-state index contributed by atoms with van der Waals surface area (Å²) in [6.07, 6.45) is 1.14. The number of hydrogen-bond acceptors (Lipinski definition) is 4. The van der Waals surface area contributed by atoms with Crippen LogP contribution in [0.15, 0.2) is 0 Å². The fourth-order valence-electron chi connectivity index (χ4n) is 2.92. The van der Waals surface area contributed by atoms with Crippen LogP contribution in [0.4, 0.5) is 0 Å². The van der Waals surface area contributed by atoms with Crippen LogP contribution in [0.3, 0.4) is 0 Å². The highest BCUT2D eigenvalue weighted by Gasteiger charge is 2.33. The molecule has 2 heterocycles. The maximum Gasteiger partial charge on any atom is 0.279 e. The van der Waals surface area contributed by atoms with E-state index in [0.717, 1.165) is 0 Å². The summed E-state index contributed by atoms with van der Waals surface area (Å²) in [6, 6.07) is -0.0981. The van der Waals surface area contributed by atoms with Crippen molar-refractivity contribution in [1.29, 1.82) is 0 Å². The van der Waals surface area contributed by atoms with E-state index in [9.17, 15) is 13.2 Å². The van der Waals surface area contributed by atoms with E-state index in [0.29, 0.717) is 39.0 Å². The van der Waals surface area contributed by atoms with Gasteiger partial charge in [-0.05, 0) is 26.7 Å². The third-order valence-electron chi connectivity index (χ3n) is 3.98. The number of piperidine rings is 1. The van der Waals surface area contributed by atoms with E-state index in [-0.39, 0.29) is 24.2 Å². The fraction of sp³-hybridized carbons (Fsp3) is 0.923. The van der Waals surface area contributed by atoms with Gasteiger partial charge in [0, 0.05) is 39.1 Å². The summed E-state index contributed by atoms with van der Waals surface area (Å²) in [5.74, 6) is 0.0483. The maximum atomic E-state index is 12.4. The Hall–Kier alpha value is -0.700. The van der Waals surface area contributed by atoms with Gasteiger partial charge in [-0.1, -0.05) is 0 Å². The maximum absolute atomic E-state index is 12.4. The Morgan fingerprint density at radius 3 is 2.14 bits per heavy atom. The third-order valence-corrected chi connectivity index (χ3v) is 5.59. The lowest BCUT2D eigenvalue weighted by molar-refractivity contribution is -0.129. The van der Waals surface area contributed by atoms with Gasteiger partial charge in [0.05, 0.1) is 12.2 Å². The number of likely N-dealkylation sites (tertiary alicyclic amines) is 1. The lowest BCUT2D eigenvalue weighted by Gasteiger charge is -2.37. The lowest BCUT2D eigenvalue weighted by atomic mass is 10.1. The predicted molar refractivity (Wildman–Crippen MR) is 78.9 cm³/mol. The van der Waals surface area contributed by atoms with Crippen molar-refractivity contribution in [3.8, 4) is 0 Å². The number of nitrogens with zero attached hydrogens (tertiary/aromatic N) is 2. The van der Waals surface area contributed by atoms with E-state index in [1.165, 1.54) is 4.31 Å². The minimum absolute atomic E-state index is 0.0483. The second-order valence-corrected chi connectivity index (χ2v) is 7.68. The van der Waals surface area contributed by atoms with Crippen molar-refractivity contribution < 1.29 is 17.9 Å². The SMILES string of the molecule is CC(=O)N1CCC(NS(=O)(=O)N2C[C@@H](C)O[C@@H](C)C2)CC1. The lowest BCUT2D eigenvalue weighted by Crippen LogP contribution is -2.55. The zero-order valence-electron chi connectivity index (χ0n) is 12.9. The van der Waals surface area contributed by atoms with Gasteiger partial charge in [0.1, 0.15) is 0 Å². The highest BCUT2D eigenvalue weighted by molar-refractivity contribution is 7.87. The molecule has 0 bridgehead atoms. The molecule has 0 saturated carbocycles. The van der Waals surface area contributed by atoms with Crippen LogP contribution in [0.2, 0.25) is 0 Å². The molecule has 0 spiro atoms. The van der Waals surface area contributed by atoms with Crippen molar-refractivity contribution in [2.45, 2.75) is 51.9 Å². The smallest absolute Gasteiger partial charge is 0.279 e. The van der Waals surface area contributed by atoms with Gasteiger partial charge in [-0.15, -0.1) is 0 Å². The molecule has 0 aromatic rings. The first-order valence-corrected chi connectivity index (χ1v) is 8.90. The molecular weight excluding hydrogens is 294 g/mol.